The first-order valence-electron chi connectivity index (χ1n) is 11.4. The fraction of sp³-hybridized carbons (Fsp3) is 0.308. The molecule has 0 N–H and O–H groups in total. The van der Waals surface area contributed by atoms with E-state index in [0.717, 1.165) is 29.2 Å². The van der Waals surface area contributed by atoms with Crippen LogP contribution in [0.15, 0.2) is 67.0 Å². The van der Waals surface area contributed by atoms with E-state index in [1.54, 1.807) is 0 Å². The van der Waals surface area contributed by atoms with Crippen molar-refractivity contribution in [3.05, 3.63) is 78.1 Å². The van der Waals surface area contributed by atoms with Crippen molar-refractivity contribution in [2.75, 3.05) is 33.0 Å². The van der Waals surface area contributed by atoms with Gasteiger partial charge < -0.3 is 23.8 Å². The van der Waals surface area contributed by atoms with E-state index in [9.17, 15) is 9.59 Å². The van der Waals surface area contributed by atoms with Gasteiger partial charge in [0.05, 0.1) is 0 Å². The number of hydrogen-bond acceptors (Lipinski definition) is 4. The minimum absolute atomic E-state index is 0.0193. The fourth-order valence-electron chi connectivity index (χ4n) is 4.81. The summed E-state index contributed by atoms with van der Waals surface area (Å²) in [4.78, 5) is 29.7. The van der Waals surface area contributed by atoms with Gasteiger partial charge in [-0.1, -0.05) is 6.07 Å². The van der Waals surface area contributed by atoms with E-state index in [4.69, 9.17) is 9.47 Å². The SMILES string of the molecule is O=C(c1ccc(-n2cccc2)cc1)N1CCN(C(=O)C2CC2c2ccc3c(c2)OCO3)CC1. The topological polar surface area (TPSA) is 64.0 Å². The summed E-state index contributed by atoms with van der Waals surface area (Å²) in [5.74, 6) is 2.01. The number of rotatable bonds is 4. The van der Waals surface area contributed by atoms with Crippen molar-refractivity contribution in [2.24, 2.45) is 5.92 Å². The summed E-state index contributed by atoms with van der Waals surface area (Å²) >= 11 is 0. The lowest BCUT2D eigenvalue weighted by molar-refractivity contribution is -0.134. The molecule has 1 aliphatic carbocycles. The monoisotopic (exact) mass is 443 g/mol. The minimum Gasteiger partial charge on any atom is -0.454 e. The van der Waals surface area contributed by atoms with Crippen molar-refractivity contribution in [3.63, 3.8) is 0 Å². The van der Waals surface area contributed by atoms with Gasteiger partial charge in [-0.2, -0.15) is 0 Å². The van der Waals surface area contributed by atoms with Gasteiger partial charge in [-0.15, -0.1) is 0 Å². The van der Waals surface area contributed by atoms with Crippen molar-refractivity contribution in [1.82, 2.24) is 14.4 Å². The second-order valence-corrected chi connectivity index (χ2v) is 8.82. The molecule has 1 aromatic heterocycles. The third-order valence-corrected chi connectivity index (χ3v) is 6.83. The molecule has 0 radical (unpaired) electrons. The second-order valence-electron chi connectivity index (χ2n) is 8.82. The molecule has 7 nitrogen and oxygen atoms in total. The minimum atomic E-state index is 0.0193. The predicted molar refractivity (Wildman–Crippen MR) is 122 cm³/mol. The molecular weight excluding hydrogens is 418 g/mol. The zero-order chi connectivity index (χ0) is 22.4. The number of fused-ring (bicyclic) bond motifs is 1. The number of nitrogens with zero attached hydrogens (tertiary/aromatic N) is 3. The van der Waals surface area contributed by atoms with Crippen LogP contribution < -0.4 is 9.47 Å². The van der Waals surface area contributed by atoms with Crippen molar-refractivity contribution in [3.8, 4) is 17.2 Å². The van der Waals surface area contributed by atoms with Gasteiger partial charge >= 0.3 is 0 Å². The molecule has 6 rings (SSSR count). The molecule has 1 saturated carbocycles. The Kier molecular flexibility index (Phi) is 4.82. The molecule has 3 heterocycles. The number of carbonyl (C=O) groups is 2. The molecule has 2 atom stereocenters. The van der Waals surface area contributed by atoms with Crippen LogP contribution in [0.3, 0.4) is 0 Å². The summed E-state index contributed by atoms with van der Waals surface area (Å²) in [6, 6.07) is 17.5. The van der Waals surface area contributed by atoms with Crippen LogP contribution >= 0.6 is 0 Å². The summed E-state index contributed by atoms with van der Waals surface area (Å²) in [6.45, 7) is 2.54. The molecule has 3 aromatic rings. The van der Waals surface area contributed by atoms with Crippen molar-refractivity contribution in [2.45, 2.75) is 12.3 Å². The van der Waals surface area contributed by atoms with E-state index in [1.807, 2.05) is 81.4 Å². The summed E-state index contributed by atoms with van der Waals surface area (Å²) in [7, 11) is 0. The van der Waals surface area contributed by atoms with Gasteiger partial charge in [0.1, 0.15) is 0 Å². The Bertz CT molecular complexity index is 1180. The average molecular weight is 444 g/mol. The average Bonchev–Trinajstić information content (AvgIpc) is 3.23. The molecule has 33 heavy (non-hydrogen) atoms. The van der Waals surface area contributed by atoms with Gasteiger partial charge in [0.15, 0.2) is 11.5 Å². The quantitative estimate of drug-likeness (QED) is 0.621. The summed E-state index contributed by atoms with van der Waals surface area (Å²) in [6.07, 6.45) is 4.82. The number of amides is 2. The fourth-order valence-corrected chi connectivity index (χ4v) is 4.81. The summed E-state index contributed by atoms with van der Waals surface area (Å²) in [5.41, 5.74) is 2.83. The number of piperazine rings is 1. The standard InChI is InChI=1S/C26H25N3O4/c30-25(18-3-6-20(7-4-18)27-9-1-2-10-27)28-11-13-29(14-12-28)26(31)22-16-21(22)19-5-8-23-24(15-19)33-17-32-23/h1-10,15,21-22H,11-14,16-17H2. The predicted octanol–water partition coefficient (Wildman–Crippen LogP) is 3.29. The maximum Gasteiger partial charge on any atom is 0.253 e. The first kappa shape index (κ1) is 19.9. The molecule has 2 aliphatic heterocycles. The lowest BCUT2D eigenvalue weighted by Gasteiger charge is -2.35. The Morgan fingerprint density at radius 2 is 1.52 bits per heavy atom. The largest absolute Gasteiger partial charge is 0.454 e. The van der Waals surface area contributed by atoms with Gasteiger partial charge in [0.2, 0.25) is 12.7 Å². The van der Waals surface area contributed by atoms with E-state index in [-0.39, 0.29) is 30.4 Å². The van der Waals surface area contributed by atoms with Gasteiger partial charge in [-0.05, 0) is 66.4 Å². The van der Waals surface area contributed by atoms with E-state index in [0.29, 0.717) is 31.7 Å². The summed E-state index contributed by atoms with van der Waals surface area (Å²) < 4.78 is 12.9. The van der Waals surface area contributed by atoms with Crippen molar-refractivity contribution in [1.29, 1.82) is 0 Å². The highest BCUT2D eigenvalue weighted by Crippen LogP contribution is 2.50. The molecule has 0 bridgehead atoms. The number of hydrogen-bond donors (Lipinski definition) is 0. The van der Waals surface area contributed by atoms with Crippen LogP contribution in [-0.2, 0) is 4.79 Å². The number of aromatic nitrogens is 1. The van der Waals surface area contributed by atoms with E-state index >= 15 is 0 Å². The normalized spacial score (nSPS) is 21.2. The number of carbonyl (C=O) groups excluding carboxylic acids is 2. The van der Waals surface area contributed by atoms with Crippen LogP contribution in [0.2, 0.25) is 0 Å². The maximum atomic E-state index is 13.0. The van der Waals surface area contributed by atoms with Crippen LogP contribution in [0.1, 0.15) is 28.3 Å². The van der Waals surface area contributed by atoms with Gasteiger partial charge in [0.25, 0.3) is 5.91 Å². The Balaban J connectivity index is 1.04. The van der Waals surface area contributed by atoms with Crippen LogP contribution in [-0.4, -0.2) is 59.2 Å². The molecular formula is C26H25N3O4. The van der Waals surface area contributed by atoms with Crippen molar-refractivity contribution < 1.29 is 19.1 Å². The lowest BCUT2D eigenvalue weighted by atomic mass is 10.1. The third kappa shape index (κ3) is 3.73. The lowest BCUT2D eigenvalue weighted by Crippen LogP contribution is -2.51. The molecule has 2 amide bonds. The molecule has 2 fully saturated rings. The van der Waals surface area contributed by atoms with Crippen molar-refractivity contribution >= 4 is 11.8 Å². The van der Waals surface area contributed by atoms with Crippen LogP contribution in [0.25, 0.3) is 5.69 Å². The molecule has 0 spiro atoms. The van der Waals surface area contributed by atoms with Crippen LogP contribution in [0.5, 0.6) is 11.5 Å². The first-order valence-corrected chi connectivity index (χ1v) is 11.4. The van der Waals surface area contributed by atoms with Crippen LogP contribution in [0.4, 0.5) is 0 Å². The highest BCUT2D eigenvalue weighted by molar-refractivity contribution is 5.94. The first-order chi connectivity index (χ1) is 16.2. The Morgan fingerprint density at radius 1 is 0.818 bits per heavy atom. The molecule has 2 unspecified atom stereocenters. The van der Waals surface area contributed by atoms with Crippen LogP contribution in [0, 0.1) is 5.92 Å². The molecule has 2 aromatic carbocycles. The zero-order valence-electron chi connectivity index (χ0n) is 18.2. The highest BCUT2D eigenvalue weighted by atomic mass is 16.7. The van der Waals surface area contributed by atoms with Gasteiger partial charge in [-0.3, -0.25) is 9.59 Å². The molecule has 3 aliphatic rings. The van der Waals surface area contributed by atoms with Gasteiger partial charge in [0, 0.05) is 55.7 Å². The Labute approximate surface area is 192 Å². The summed E-state index contributed by atoms with van der Waals surface area (Å²) in [5, 5.41) is 0. The zero-order valence-corrected chi connectivity index (χ0v) is 18.2. The van der Waals surface area contributed by atoms with E-state index < -0.39 is 0 Å². The Hall–Kier alpha value is -3.74. The second kappa shape index (κ2) is 7.99. The molecule has 1 saturated heterocycles. The number of ether oxygens (including phenoxy) is 2. The number of benzene rings is 2. The van der Waals surface area contributed by atoms with E-state index in [1.165, 1.54) is 0 Å². The Morgan fingerprint density at radius 3 is 2.27 bits per heavy atom. The molecule has 7 heteroatoms. The van der Waals surface area contributed by atoms with E-state index in [2.05, 4.69) is 0 Å². The van der Waals surface area contributed by atoms with Gasteiger partial charge in [-0.25, -0.2) is 0 Å². The third-order valence-electron chi connectivity index (χ3n) is 6.83. The molecule has 168 valence electrons. The maximum absolute atomic E-state index is 13.0. The smallest absolute Gasteiger partial charge is 0.253 e. The highest BCUT2D eigenvalue weighted by Gasteiger charge is 2.46.